The topological polar surface area (TPSA) is 78.6 Å². The smallest absolute Gasteiger partial charge is 0.128 e. The van der Waals surface area contributed by atoms with Gasteiger partial charge in [-0.25, -0.2) is 4.98 Å². The standard InChI is InChI=1S/C17H17N3O3/c1-22-14-4-5-15(23-2)17-12(14)9-20(10-13(17)21)16-6-3-11(7-18)8-19-16/h3-6,8,13,21H,9-10H2,1-2H3/t13-/m0/s1. The van der Waals surface area contributed by atoms with Crippen LogP contribution in [0.4, 0.5) is 5.82 Å². The largest absolute Gasteiger partial charge is 0.496 e. The van der Waals surface area contributed by atoms with Crippen molar-refractivity contribution in [1.82, 2.24) is 4.98 Å². The maximum absolute atomic E-state index is 10.6. The fourth-order valence-corrected chi connectivity index (χ4v) is 2.89. The number of aliphatic hydroxyl groups excluding tert-OH is 1. The van der Waals surface area contributed by atoms with E-state index in [2.05, 4.69) is 4.98 Å². The Labute approximate surface area is 134 Å². The summed E-state index contributed by atoms with van der Waals surface area (Å²) in [5, 5.41) is 19.4. The second-order valence-electron chi connectivity index (χ2n) is 5.28. The molecule has 0 aliphatic carbocycles. The van der Waals surface area contributed by atoms with Crippen LogP contribution in [0, 0.1) is 11.3 Å². The molecule has 1 N–H and O–H groups in total. The summed E-state index contributed by atoms with van der Waals surface area (Å²) in [6.45, 7) is 0.946. The van der Waals surface area contributed by atoms with Gasteiger partial charge >= 0.3 is 0 Å². The zero-order chi connectivity index (χ0) is 16.4. The van der Waals surface area contributed by atoms with Crippen LogP contribution in [0.3, 0.4) is 0 Å². The molecule has 1 aliphatic heterocycles. The average molecular weight is 311 g/mol. The van der Waals surface area contributed by atoms with Gasteiger partial charge in [-0.05, 0) is 24.3 Å². The number of anilines is 1. The highest BCUT2D eigenvalue weighted by Crippen LogP contribution is 2.40. The van der Waals surface area contributed by atoms with Crippen LogP contribution in [0.25, 0.3) is 0 Å². The molecule has 0 amide bonds. The van der Waals surface area contributed by atoms with Crippen LogP contribution in [-0.4, -0.2) is 30.9 Å². The predicted molar refractivity (Wildman–Crippen MR) is 84.5 cm³/mol. The maximum atomic E-state index is 10.6. The monoisotopic (exact) mass is 311 g/mol. The number of hydrogen-bond donors (Lipinski definition) is 1. The molecule has 1 aliphatic rings. The molecular formula is C17H17N3O3. The summed E-state index contributed by atoms with van der Waals surface area (Å²) in [5.74, 6) is 2.07. The molecule has 23 heavy (non-hydrogen) atoms. The van der Waals surface area contributed by atoms with Crippen molar-refractivity contribution >= 4 is 5.82 Å². The van der Waals surface area contributed by atoms with Crippen molar-refractivity contribution in [2.45, 2.75) is 12.6 Å². The van der Waals surface area contributed by atoms with Gasteiger partial charge in [0.2, 0.25) is 0 Å². The Balaban J connectivity index is 2.00. The van der Waals surface area contributed by atoms with Gasteiger partial charge in [0.1, 0.15) is 29.5 Å². The van der Waals surface area contributed by atoms with E-state index in [1.807, 2.05) is 17.0 Å². The Kier molecular flexibility index (Phi) is 4.04. The van der Waals surface area contributed by atoms with E-state index in [4.69, 9.17) is 14.7 Å². The second-order valence-corrected chi connectivity index (χ2v) is 5.28. The van der Waals surface area contributed by atoms with Gasteiger partial charge in [-0.1, -0.05) is 0 Å². The van der Waals surface area contributed by atoms with E-state index in [0.717, 1.165) is 11.1 Å². The number of ether oxygens (including phenoxy) is 2. The quantitative estimate of drug-likeness (QED) is 0.934. The van der Waals surface area contributed by atoms with E-state index in [9.17, 15) is 5.11 Å². The van der Waals surface area contributed by atoms with Crippen LogP contribution < -0.4 is 14.4 Å². The minimum absolute atomic E-state index is 0.398. The molecule has 3 rings (SSSR count). The van der Waals surface area contributed by atoms with E-state index in [1.54, 1.807) is 32.4 Å². The lowest BCUT2D eigenvalue weighted by molar-refractivity contribution is 0.169. The molecule has 0 saturated carbocycles. The summed E-state index contributed by atoms with van der Waals surface area (Å²) >= 11 is 0. The van der Waals surface area contributed by atoms with Gasteiger partial charge in [-0.15, -0.1) is 0 Å². The summed E-state index contributed by atoms with van der Waals surface area (Å²) in [6, 6.07) is 9.18. The minimum atomic E-state index is -0.707. The third-order valence-corrected chi connectivity index (χ3v) is 3.99. The van der Waals surface area contributed by atoms with Crippen LogP contribution in [0.1, 0.15) is 22.8 Å². The van der Waals surface area contributed by atoms with Gasteiger partial charge in [-0.2, -0.15) is 5.26 Å². The normalized spacial score (nSPS) is 16.4. The van der Waals surface area contributed by atoms with Gasteiger partial charge in [0, 0.05) is 23.9 Å². The molecule has 2 heterocycles. The van der Waals surface area contributed by atoms with Crippen molar-refractivity contribution in [2.75, 3.05) is 25.7 Å². The Bertz CT molecular complexity index is 753. The molecule has 0 saturated heterocycles. The van der Waals surface area contributed by atoms with E-state index in [-0.39, 0.29) is 0 Å². The number of nitrogens with zero attached hydrogens (tertiary/aromatic N) is 3. The zero-order valence-electron chi connectivity index (χ0n) is 13.0. The fraction of sp³-hybridized carbons (Fsp3) is 0.294. The molecule has 1 aromatic heterocycles. The number of fused-ring (bicyclic) bond motifs is 1. The van der Waals surface area contributed by atoms with Crippen LogP contribution >= 0.6 is 0 Å². The number of aromatic nitrogens is 1. The van der Waals surface area contributed by atoms with Crippen molar-refractivity contribution in [3.05, 3.63) is 47.2 Å². The number of pyridine rings is 1. The molecule has 0 bridgehead atoms. The Morgan fingerprint density at radius 1 is 1.22 bits per heavy atom. The van der Waals surface area contributed by atoms with Gasteiger partial charge in [0.25, 0.3) is 0 Å². The Morgan fingerprint density at radius 3 is 2.57 bits per heavy atom. The molecule has 2 aromatic rings. The van der Waals surface area contributed by atoms with Crippen LogP contribution in [-0.2, 0) is 6.54 Å². The molecule has 118 valence electrons. The first kappa shape index (κ1) is 15.1. The number of aliphatic hydroxyl groups is 1. The number of hydrogen-bond acceptors (Lipinski definition) is 6. The lowest BCUT2D eigenvalue weighted by Gasteiger charge is -2.34. The maximum Gasteiger partial charge on any atom is 0.128 e. The number of benzene rings is 1. The van der Waals surface area contributed by atoms with E-state index in [1.165, 1.54) is 6.20 Å². The van der Waals surface area contributed by atoms with Gasteiger partial charge in [0.15, 0.2) is 0 Å². The molecule has 0 radical (unpaired) electrons. The first-order chi connectivity index (χ1) is 11.2. The second kappa shape index (κ2) is 6.15. The Morgan fingerprint density at radius 2 is 1.96 bits per heavy atom. The van der Waals surface area contributed by atoms with Crippen molar-refractivity contribution in [2.24, 2.45) is 0 Å². The minimum Gasteiger partial charge on any atom is -0.496 e. The lowest BCUT2D eigenvalue weighted by atomic mass is 9.95. The summed E-state index contributed by atoms with van der Waals surface area (Å²) in [6.07, 6.45) is 0.821. The first-order valence-corrected chi connectivity index (χ1v) is 7.20. The van der Waals surface area contributed by atoms with E-state index < -0.39 is 6.10 Å². The molecule has 0 fully saturated rings. The molecule has 1 aromatic carbocycles. The highest BCUT2D eigenvalue weighted by atomic mass is 16.5. The molecule has 0 unspecified atom stereocenters. The SMILES string of the molecule is COc1ccc(OC)c2c1CN(c1ccc(C#N)cn1)C[C@@H]2O. The Hall–Kier alpha value is -2.78. The number of rotatable bonds is 3. The molecule has 6 nitrogen and oxygen atoms in total. The van der Waals surface area contributed by atoms with Gasteiger partial charge < -0.3 is 19.5 Å². The van der Waals surface area contributed by atoms with Crippen LogP contribution in [0.15, 0.2) is 30.5 Å². The highest BCUT2D eigenvalue weighted by Gasteiger charge is 2.30. The van der Waals surface area contributed by atoms with Crippen molar-refractivity contribution in [1.29, 1.82) is 5.26 Å². The number of nitriles is 1. The number of methoxy groups -OCH3 is 2. The number of β-amino-alcohol motifs (C(OH)–C–C–N with tert-alkyl or cyclic N) is 1. The summed E-state index contributed by atoms with van der Waals surface area (Å²) in [4.78, 5) is 6.25. The third-order valence-electron chi connectivity index (χ3n) is 3.99. The molecular weight excluding hydrogens is 294 g/mol. The van der Waals surface area contributed by atoms with Crippen LogP contribution in [0.2, 0.25) is 0 Å². The summed E-state index contributed by atoms with van der Waals surface area (Å²) in [5.41, 5.74) is 2.15. The average Bonchev–Trinajstić information content (AvgIpc) is 2.60. The fourth-order valence-electron chi connectivity index (χ4n) is 2.89. The lowest BCUT2D eigenvalue weighted by Crippen LogP contribution is -2.34. The van der Waals surface area contributed by atoms with Gasteiger partial charge in [0.05, 0.1) is 26.3 Å². The van der Waals surface area contributed by atoms with Crippen molar-refractivity contribution in [3.8, 4) is 17.6 Å². The molecule has 1 atom stereocenters. The van der Waals surface area contributed by atoms with Crippen LogP contribution in [0.5, 0.6) is 11.5 Å². The van der Waals surface area contributed by atoms with E-state index in [0.29, 0.717) is 36.0 Å². The predicted octanol–water partition coefficient (Wildman–Crippen LogP) is 2.02. The zero-order valence-corrected chi connectivity index (χ0v) is 13.0. The van der Waals surface area contributed by atoms with E-state index >= 15 is 0 Å². The van der Waals surface area contributed by atoms with Crippen molar-refractivity contribution in [3.63, 3.8) is 0 Å². The van der Waals surface area contributed by atoms with Gasteiger partial charge in [-0.3, -0.25) is 0 Å². The molecule has 0 spiro atoms. The summed E-state index contributed by atoms with van der Waals surface area (Å²) < 4.78 is 10.8. The highest BCUT2D eigenvalue weighted by molar-refractivity contribution is 5.55. The third kappa shape index (κ3) is 2.67. The van der Waals surface area contributed by atoms with Crippen molar-refractivity contribution < 1.29 is 14.6 Å². The summed E-state index contributed by atoms with van der Waals surface area (Å²) in [7, 11) is 3.19. The molecule has 6 heteroatoms. The first-order valence-electron chi connectivity index (χ1n) is 7.20.